The van der Waals surface area contributed by atoms with Crippen molar-refractivity contribution in [1.29, 1.82) is 0 Å². The molecule has 0 aromatic heterocycles. The summed E-state index contributed by atoms with van der Waals surface area (Å²) < 4.78 is 14.1. The predicted molar refractivity (Wildman–Crippen MR) is 73.3 cm³/mol. The molecule has 5 heteroatoms. The Kier molecular flexibility index (Phi) is 7.17. The zero-order chi connectivity index (χ0) is 14.8. The van der Waals surface area contributed by atoms with Gasteiger partial charge in [0.25, 0.3) is 0 Å². The van der Waals surface area contributed by atoms with Crippen LogP contribution in [0, 0.1) is 0 Å². The van der Waals surface area contributed by atoms with Crippen molar-refractivity contribution in [2.45, 2.75) is 39.2 Å². The molecule has 20 heavy (non-hydrogen) atoms. The minimum absolute atomic E-state index is 0.143. The zero-order valence-electron chi connectivity index (χ0n) is 11.8. The number of hydrogen-bond acceptors (Lipinski definition) is 5. The van der Waals surface area contributed by atoms with Crippen molar-refractivity contribution in [2.75, 3.05) is 6.61 Å². The summed E-state index contributed by atoms with van der Waals surface area (Å²) in [4.78, 5) is 22.6. The Bertz CT molecular complexity index is 416. The first-order chi connectivity index (χ1) is 9.67. The summed E-state index contributed by atoms with van der Waals surface area (Å²) in [5, 5.41) is 0. The number of carbonyl (C=O) groups is 2. The summed E-state index contributed by atoms with van der Waals surface area (Å²) in [7, 11) is 0. The lowest BCUT2D eigenvalue weighted by atomic mass is 10.0. The highest BCUT2D eigenvalue weighted by Crippen LogP contribution is 2.24. The van der Waals surface area contributed by atoms with E-state index in [1.165, 1.54) is 0 Å². The highest BCUT2D eigenvalue weighted by molar-refractivity contribution is 5.77. The molecule has 0 fully saturated rings. The maximum Gasteiger partial charge on any atom is 0.519 e. The van der Waals surface area contributed by atoms with Crippen LogP contribution in [0.5, 0.6) is 0 Å². The van der Waals surface area contributed by atoms with E-state index in [1.54, 1.807) is 6.92 Å². The molecular weight excluding hydrogens is 260 g/mol. The number of rotatable bonds is 6. The Morgan fingerprint density at radius 3 is 2.40 bits per heavy atom. The van der Waals surface area contributed by atoms with Crippen molar-refractivity contribution in [3.63, 3.8) is 0 Å². The van der Waals surface area contributed by atoms with Crippen molar-refractivity contribution in [1.82, 2.24) is 0 Å². The molecule has 0 amide bonds. The molecule has 5 nitrogen and oxygen atoms in total. The quantitative estimate of drug-likeness (QED) is 0.576. The first-order valence-electron chi connectivity index (χ1n) is 6.77. The number of unbranched alkanes of at least 4 members (excludes halogenated alkanes) is 1. The fourth-order valence-electron chi connectivity index (χ4n) is 1.71. The van der Waals surface area contributed by atoms with Crippen molar-refractivity contribution < 1.29 is 23.8 Å². The molecule has 0 bridgehead atoms. The van der Waals surface area contributed by atoms with E-state index in [4.69, 9.17) is 4.74 Å². The van der Waals surface area contributed by atoms with E-state index in [0.29, 0.717) is 6.42 Å². The molecular formula is C15H20O5. The van der Waals surface area contributed by atoms with Gasteiger partial charge in [-0.3, -0.25) is 0 Å². The first-order valence-corrected chi connectivity index (χ1v) is 6.77. The zero-order valence-corrected chi connectivity index (χ0v) is 11.8. The molecule has 1 rings (SSSR count). The second kappa shape index (κ2) is 8.96. The van der Waals surface area contributed by atoms with Gasteiger partial charge in [-0.15, -0.1) is 0 Å². The average Bonchev–Trinajstić information content (AvgIpc) is 2.44. The second-order valence-corrected chi connectivity index (χ2v) is 4.19. The van der Waals surface area contributed by atoms with E-state index < -0.39 is 18.4 Å². The van der Waals surface area contributed by atoms with Crippen LogP contribution in [0.2, 0.25) is 0 Å². The molecule has 0 radical (unpaired) electrons. The Labute approximate surface area is 118 Å². The molecule has 0 saturated carbocycles. The minimum atomic E-state index is -1.04. The summed E-state index contributed by atoms with van der Waals surface area (Å²) in [6.45, 7) is 3.82. The summed E-state index contributed by atoms with van der Waals surface area (Å²) >= 11 is 0. The van der Waals surface area contributed by atoms with Crippen LogP contribution in [-0.4, -0.2) is 18.9 Å². The molecule has 0 heterocycles. The molecule has 0 N–H and O–H groups in total. The van der Waals surface area contributed by atoms with Crippen molar-refractivity contribution in [3.05, 3.63) is 35.9 Å². The summed E-state index contributed by atoms with van der Waals surface area (Å²) in [6.07, 6.45) is 0.0795. The molecule has 110 valence electrons. The van der Waals surface area contributed by atoms with Gasteiger partial charge in [0, 0.05) is 0 Å². The highest BCUT2D eigenvalue weighted by Gasteiger charge is 2.20. The maximum absolute atomic E-state index is 11.5. The van der Waals surface area contributed by atoms with Gasteiger partial charge in [0.05, 0.1) is 6.61 Å². The van der Waals surface area contributed by atoms with Crippen LogP contribution in [-0.2, 0) is 14.2 Å². The van der Waals surface area contributed by atoms with Crippen LogP contribution in [0.25, 0.3) is 0 Å². The van der Waals surface area contributed by atoms with Crippen molar-refractivity contribution in [3.8, 4) is 0 Å². The largest absolute Gasteiger partial charge is 0.519 e. The molecule has 0 spiro atoms. The third kappa shape index (κ3) is 5.73. The van der Waals surface area contributed by atoms with Gasteiger partial charge in [-0.1, -0.05) is 43.7 Å². The Morgan fingerprint density at radius 1 is 1.10 bits per heavy atom. The van der Waals surface area contributed by atoms with Gasteiger partial charge in [-0.25, -0.2) is 9.59 Å². The molecule has 0 aliphatic heterocycles. The average molecular weight is 280 g/mol. The van der Waals surface area contributed by atoms with Gasteiger partial charge in [0.1, 0.15) is 6.10 Å². The van der Waals surface area contributed by atoms with Crippen molar-refractivity contribution in [2.24, 2.45) is 0 Å². The number of benzene rings is 1. The number of carbonyl (C=O) groups excluding carboxylic acids is 2. The lowest BCUT2D eigenvalue weighted by Gasteiger charge is -2.17. The first kappa shape index (κ1) is 16.0. The number of ether oxygens (including phenoxy) is 3. The number of hydrogen-bond donors (Lipinski definition) is 0. The lowest BCUT2D eigenvalue weighted by molar-refractivity contribution is 0.0144. The predicted octanol–water partition coefficient (Wildman–Crippen LogP) is 4.23. The SMILES string of the molecule is CCCCC(OC(=O)OC(=O)OCC)c1ccccc1. The molecule has 0 aliphatic carbocycles. The Morgan fingerprint density at radius 2 is 1.80 bits per heavy atom. The normalized spacial score (nSPS) is 11.5. The van der Waals surface area contributed by atoms with Crippen LogP contribution in [0.1, 0.15) is 44.8 Å². The van der Waals surface area contributed by atoms with E-state index in [2.05, 4.69) is 16.4 Å². The fourth-order valence-corrected chi connectivity index (χ4v) is 1.71. The van der Waals surface area contributed by atoms with Gasteiger partial charge in [-0.2, -0.15) is 0 Å². The lowest BCUT2D eigenvalue weighted by Crippen LogP contribution is -2.17. The van der Waals surface area contributed by atoms with Gasteiger partial charge in [0.15, 0.2) is 0 Å². The summed E-state index contributed by atoms with van der Waals surface area (Å²) in [6, 6.07) is 9.37. The van der Waals surface area contributed by atoms with E-state index >= 15 is 0 Å². The molecule has 1 atom stereocenters. The third-order valence-electron chi connectivity index (χ3n) is 2.66. The summed E-state index contributed by atoms with van der Waals surface area (Å²) in [5.74, 6) is 0. The maximum atomic E-state index is 11.5. The van der Waals surface area contributed by atoms with Gasteiger partial charge in [0.2, 0.25) is 0 Å². The third-order valence-corrected chi connectivity index (χ3v) is 2.66. The highest BCUT2D eigenvalue weighted by atomic mass is 16.8. The Hall–Kier alpha value is -2.04. The van der Waals surface area contributed by atoms with Crippen LogP contribution >= 0.6 is 0 Å². The molecule has 0 aliphatic rings. The van der Waals surface area contributed by atoms with Crippen LogP contribution < -0.4 is 0 Å². The minimum Gasteiger partial charge on any atom is -0.434 e. The van der Waals surface area contributed by atoms with Gasteiger partial charge in [-0.05, 0) is 25.3 Å². The van der Waals surface area contributed by atoms with E-state index in [0.717, 1.165) is 18.4 Å². The second-order valence-electron chi connectivity index (χ2n) is 4.19. The van der Waals surface area contributed by atoms with Crippen LogP contribution in [0.4, 0.5) is 9.59 Å². The molecule has 1 unspecified atom stereocenters. The van der Waals surface area contributed by atoms with Crippen LogP contribution in [0.3, 0.4) is 0 Å². The summed E-state index contributed by atoms with van der Waals surface area (Å²) in [5.41, 5.74) is 0.877. The fraction of sp³-hybridized carbons (Fsp3) is 0.467. The van der Waals surface area contributed by atoms with E-state index in [-0.39, 0.29) is 6.61 Å². The Balaban J connectivity index is 2.61. The monoisotopic (exact) mass is 280 g/mol. The van der Waals surface area contributed by atoms with Crippen LogP contribution in [0.15, 0.2) is 30.3 Å². The van der Waals surface area contributed by atoms with E-state index in [9.17, 15) is 9.59 Å². The molecule has 1 aromatic carbocycles. The standard InChI is InChI=1S/C15H20O5/c1-3-5-11-13(12-9-7-6-8-10-12)19-15(17)20-14(16)18-4-2/h6-10,13H,3-5,11H2,1-2H3. The van der Waals surface area contributed by atoms with Gasteiger partial charge >= 0.3 is 12.3 Å². The van der Waals surface area contributed by atoms with Gasteiger partial charge < -0.3 is 14.2 Å². The topological polar surface area (TPSA) is 61.8 Å². The van der Waals surface area contributed by atoms with E-state index in [1.807, 2.05) is 30.3 Å². The molecule has 0 saturated heterocycles. The molecule has 1 aromatic rings. The van der Waals surface area contributed by atoms with Crippen molar-refractivity contribution >= 4 is 12.3 Å². The smallest absolute Gasteiger partial charge is 0.434 e.